The largest absolute Gasteiger partial charge is 0.324 e. The molecule has 1 N–H and O–H groups in total. The smallest absolute Gasteiger partial charge is 0.264 e. The Balaban J connectivity index is 1.97. The molecule has 162 valence electrons. The molecule has 0 saturated carbocycles. The maximum atomic E-state index is 13.5. The average Bonchev–Trinajstić information content (AvgIpc) is 2.73. The molecule has 3 rings (SSSR count). The van der Waals surface area contributed by atoms with Gasteiger partial charge in [0.25, 0.3) is 10.0 Å². The van der Waals surface area contributed by atoms with E-state index in [0.717, 1.165) is 16.7 Å². The molecule has 0 atom stereocenters. The number of carbonyl (C=O) groups is 1. The fourth-order valence-electron chi connectivity index (χ4n) is 3.41. The number of sulfonamides is 1. The lowest BCUT2D eigenvalue weighted by Gasteiger charge is -2.26. The van der Waals surface area contributed by atoms with Gasteiger partial charge in [-0.05, 0) is 55.2 Å². The maximum absolute atomic E-state index is 13.5. The topological polar surface area (TPSA) is 66.5 Å². The van der Waals surface area contributed by atoms with Crippen molar-refractivity contribution in [2.24, 2.45) is 0 Å². The van der Waals surface area contributed by atoms with Crippen molar-refractivity contribution in [1.29, 1.82) is 0 Å². The van der Waals surface area contributed by atoms with E-state index in [1.54, 1.807) is 36.4 Å². The van der Waals surface area contributed by atoms with Crippen molar-refractivity contribution in [3.05, 3.63) is 89.5 Å². The first-order chi connectivity index (χ1) is 14.7. The Bertz CT molecular complexity index is 1170. The van der Waals surface area contributed by atoms with Crippen LogP contribution < -0.4 is 9.62 Å². The molecule has 0 bridgehead atoms. The fraction of sp³-hybridized carbons (Fsp3) is 0.240. The Labute approximate surface area is 184 Å². The van der Waals surface area contributed by atoms with Crippen LogP contribution in [0.1, 0.15) is 36.5 Å². The van der Waals surface area contributed by atoms with E-state index in [9.17, 15) is 13.2 Å². The van der Waals surface area contributed by atoms with E-state index in [1.807, 2.05) is 64.1 Å². The van der Waals surface area contributed by atoms with E-state index < -0.39 is 15.9 Å². The molecule has 3 aromatic carbocycles. The zero-order chi connectivity index (χ0) is 22.6. The summed E-state index contributed by atoms with van der Waals surface area (Å²) in [6.45, 7) is 7.50. The molecule has 0 unspecified atom stereocenters. The zero-order valence-electron chi connectivity index (χ0n) is 18.3. The molecular formula is C25H28N2O3S. The van der Waals surface area contributed by atoms with Gasteiger partial charge < -0.3 is 5.32 Å². The van der Waals surface area contributed by atoms with E-state index in [-0.39, 0.29) is 17.4 Å². The number of aryl methyl sites for hydroxylation is 2. The van der Waals surface area contributed by atoms with E-state index in [2.05, 4.69) is 5.32 Å². The molecule has 0 aliphatic carbocycles. The first-order valence-electron chi connectivity index (χ1n) is 10.2. The van der Waals surface area contributed by atoms with Crippen LogP contribution in [-0.4, -0.2) is 20.9 Å². The fourth-order valence-corrected chi connectivity index (χ4v) is 4.90. The van der Waals surface area contributed by atoms with E-state index in [0.29, 0.717) is 11.4 Å². The second-order valence-corrected chi connectivity index (χ2v) is 9.76. The highest BCUT2D eigenvalue weighted by atomic mass is 32.2. The van der Waals surface area contributed by atoms with Gasteiger partial charge in [0, 0.05) is 5.69 Å². The average molecular weight is 437 g/mol. The number of nitrogens with zero attached hydrogens (tertiary/aromatic N) is 1. The SMILES string of the molecule is Cc1ccc(S(=O)(=O)N(CC(=O)Nc2ccccc2C(C)C)c2ccccc2C)cc1. The second-order valence-electron chi connectivity index (χ2n) is 7.90. The Morgan fingerprint density at radius 2 is 1.52 bits per heavy atom. The Hall–Kier alpha value is -3.12. The first kappa shape index (κ1) is 22.6. The van der Waals surface area contributed by atoms with E-state index in [4.69, 9.17) is 0 Å². The summed E-state index contributed by atoms with van der Waals surface area (Å²) in [5.74, 6) is -0.174. The van der Waals surface area contributed by atoms with Crippen LogP contribution in [0.25, 0.3) is 0 Å². The van der Waals surface area contributed by atoms with Crippen LogP contribution in [0.2, 0.25) is 0 Å². The molecule has 6 heteroatoms. The Kier molecular flexibility index (Phi) is 6.81. The van der Waals surface area contributed by atoms with Crippen LogP contribution in [0.4, 0.5) is 11.4 Å². The van der Waals surface area contributed by atoms with Crippen molar-refractivity contribution in [3.8, 4) is 0 Å². The van der Waals surface area contributed by atoms with Crippen molar-refractivity contribution in [3.63, 3.8) is 0 Å². The van der Waals surface area contributed by atoms with Gasteiger partial charge in [-0.3, -0.25) is 9.10 Å². The molecule has 0 aliphatic heterocycles. The quantitative estimate of drug-likeness (QED) is 0.549. The minimum absolute atomic E-state index is 0.150. The van der Waals surface area contributed by atoms with Crippen molar-refractivity contribution in [2.45, 2.75) is 38.5 Å². The van der Waals surface area contributed by atoms with Crippen molar-refractivity contribution < 1.29 is 13.2 Å². The predicted molar refractivity (Wildman–Crippen MR) is 126 cm³/mol. The molecule has 0 fully saturated rings. The minimum atomic E-state index is -3.93. The van der Waals surface area contributed by atoms with Gasteiger partial charge >= 0.3 is 0 Å². The van der Waals surface area contributed by atoms with Crippen LogP contribution in [0.15, 0.2) is 77.7 Å². The summed E-state index contributed by atoms with van der Waals surface area (Å²) in [7, 11) is -3.93. The number of para-hydroxylation sites is 2. The summed E-state index contributed by atoms with van der Waals surface area (Å²) in [6, 6.07) is 21.4. The second kappa shape index (κ2) is 9.35. The lowest BCUT2D eigenvalue weighted by atomic mass is 10.0. The van der Waals surface area contributed by atoms with Gasteiger partial charge in [-0.2, -0.15) is 0 Å². The van der Waals surface area contributed by atoms with Gasteiger partial charge in [-0.25, -0.2) is 8.42 Å². The minimum Gasteiger partial charge on any atom is -0.324 e. The molecule has 31 heavy (non-hydrogen) atoms. The number of anilines is 2. The third-order valence-corrected chi connectivity index (χ3v) is 6.91. The highest BCUT2D eigenvalue weighted by Gasteiger charge is 2.28. The standard InChI is InChI=1S/C25H28N2O3S/c1-18(2)22-10-6-7-11-23(22)26-25(28)17-27(24-12-8-5-9-20(24)4)31(29,30)21-15-13-19(3)14-16-21/h5-16,18H,17H2,1-4H3,(H,26,28). The molecule has 5 nitrogen and oxygen atoms in total. The summed E-state index contributed by atoms with van der Waals surface area (Å²) >= 11 is 0. The number of nitrogens with one attached hydrogen (secondary N) is 1. The third kappa shape index (κ3) is 5.14. The number of carbonyl (C=O) groups excluding carboxylic acids is 1. The van der Waals surface area contributed by atoms with Gasteiger partial charge in [0.15, 0.2) is 0 Å². The molecule has 0 aliphatic rings. The van der Waals surface area contributed by atoms with Crippen molar-refractivity contribution >= 4 is 27.3 Å². The molecule has 0 radical (unpaired) electrons. The number of rotatable bonds is 7. The van der Waals surface area contributed by atoms with Gasteiger partial charge in [-0.1, -0.05) is 67.9 Å². The summed E-state index contributed by atoms with van der Waals surface area (Å²) < 4.78 is 28.2. The molecule has 0 saturated heterocycles. The molecule has 0 spiro atoms. The maximum Gasteiger partial charge on any atom is 0.264 e. The van der Waals surface area contributed by atoms with Crippen LogP contribution in [-0.2, 0) is 14.8 Å². The Morgan fingerprint density at radius 1 is 0.903 bits per heavy atom. The zero-order valence-corrected chi connectivity index (χ0v) is 19.1. The monoisotopic (exact) mass is 436 g/mol. The number of hydrogen-bond donors (Lipinski definition) is 1. The van der Waals surface area contributed by atoms with Gasteiger partial charge in [0.1, 0.15) is 6.54 Å². The molecule has 0 aromatic heterocycles. The van der Waals surface area contributed by atoms with Crippen LogP contribution in [0.5, 0.6) is 0 Å². The highest BCUT2D eigenvalue weighted by molar-refractivity contribution is 7.92. The molecule has 3 aromatic rings. The van der Waals surface area contributed by atoms with Crippen molar-refractivity contribution in [2.75, 3.05) is 16.2 Å². The van der Waals surface area contributed by atoms with Gasteiger partial charge in [-0.15, -0.1) is 0 Å². The molecule has 0 heterocycles. The summed E-state index contributed by atoms with van der Waals surface area (Å²) in [5.41, 5.74) is 3.91. The van der Waals surface area contributed by atoms with Crippen LogP contribution in [0, 0.1) is 13.8 Å². The predicted octanol–water partition coefficient (Wildman–Crippen LogP) is 5.26. The lowest BCUT2D eigenvalue weighted by molar-refractivity contribution is -0.114. The summed E-state index contributed by atoms with van der Waals surface area (Å²) in [6.07, 6.45) is 0. The van der Waals surface area contributed by atoms with Crippen molar-refractivity contribution in [1.82, 2.24) is 0 Å². The van der Waals surface area contributed by atoms with Gasteiger partial charge in [0.2, 0.25) is 5.91 Å². The lowest BCUT2D eigenvalue weighted by Crippen LogP contribution is -2.38. The normalized spacial score (nSPS) is 11.4. The summed E-state index contributed by atoms with van der Waals surface area (Å²) in [5, 5.41) is 2.90. The Morgan fingerprint density at radius 3 is 2.16 bits per heavy atom. The van der Waals surface area contributed by atoms with E-state index in [1.165, 1.54) is 4.31 Å². The number of amides is 1. The highest BCUT2D eigenvalue weighted by Crippen LogP contribution is 2.28. The summed E-state index contributed by atoms with van der Waals surface area (Å²) in [4.78, 5) is 13.1. The molecular weight excluding hydrogens is 408 g/mol. The molecule has 1 amide bonds. The third-order valence-electron chi connectivity index (χ3n) is 5.14. The van der Waals surface area contributed by atoms with Crippen LogP contribution >= 0.6 is 0 Å². The van der Waals surface area contributed by atoms with Crippen LogP contribution in [0.3, 0.4) is 0 Å². The first-order valence-corrected chi connectivity index (χ1v) is 11.7. The number of hydrogen-bond acceptors (Lipinski definition) is 3. The van der Waals surface area contributed by atoms with E-state index >= 15 is 0 Å². The van der Waals surface area contributed by atoms with Gasteiger partial charge in [0.05, 0.1) is 10.6 Å². The number of benzene rings is 3.